The molecule has 1 aromatic carbocycles. The number of carbonyl (C=O) groups excluding carboxylic acids is 1. The first-order valence-corrected chi connectivity index (χ1v) is 5.36. The first-order chi connectivity index (χ1) is 7.13. The fourth-order valence-corrected chi connectivity index (χ4v) is 1.55. The van der Waals surface area contributed by atoms with Crippen LogP contribution >= 0.6 is 0 Å². The number of hydrogen-bond donors (Lipinski definition) is 0. The monoisotopic (exact) mass is 202 g/mol. The van der Waals surface area contributed by atoms with E-state index in [9.17, 15) is 4.79 Å². The van der Waals surface area contributed by atoms with E-state index in [0.29, 0.717) is 12.3 Å². The van der Waals surface area contributed by atoms with Crippen molar-refractivity contribution in [1.82, 2.24) is 0 Å². The zero-order chi connectivity index (χ0) is 11.3. The molecule has 0 aliphatic carbocycles. The van der Waals surface area contributed by atoms with Crippen LogP contribution in [0.2, 0.25) is 0 Å². The molecule has 1 atom stereocenters. The zero-order valence-electron chi connectivity index (χ0n) is 9.66. The number of carbonyl (C=O) groups is 1. The minimum atomic E-state index is 0.223. The van der Waals surface area contributed by atoms with Crippen molar-refractivity contribution >= 4 is 5.78 Å². The van der Waals surface area contributed by atoms with Gasteiger partial charge in [-0.25, -0.2) is 0 Å². The minimum absolute atomic E-state index is 0.223. The van der Waals surface area contributed by atoms with Crippen LogP contribution in [0.5, 0.6) is 0 Å². The van der Waals surface area contributed by atoms with Crippen molar-refractivity contribution in [2.24, 2.45) is 5.92 Å². The maximum Gasteiger partial charge on any atom is 0.163 e. The average Bonchev–Trinajstić information content (AvgIpc) is 2.18. The lowest BCUT2D eigenvalue weighted by Gasteiger charge is -2.05. The number of rotatable bonds is 4. The molecular weight excluding hydrogens is 184 g/mol. The van der Waals surface area contributed by atoms with E-state index in [-0.39, 0.29) is 5.78 Å². The minimum Gasteiger partial charge on any atom is -0.294 e. The molecule has 1 nitrogen and oxygen atoms in total. The van der Waals surface area contributed by atoms with E-state index in [1.807, 2.05) is 44.2 Å². The van der Waals surface area contributed by atoms with Gasteiger partial charge in [0.05, 0.1) is 0 Å². The topological polar surface area (TPSA) is 17.1 Å². The smallest absolute Gasteiger partial charge is 0.163 e. The molecule has 0 spiro atoms. The third-order valence-electron chi connectivity index (χ3n) is 2.40. The third kappa shape index (κ3) is 3.70. The quantitative estimate of drug-likeness (QED) is 0.536. The van der Waals surface area contributed by atoms with E-state index in [2.05, 4.69) is 13.0 Å². The van der Waals surface area contributed by atoms with Gasteiger partial charge in [0.1, 0.15) is 0 Å². The van der Waals surface area contributed by atoms with Crippen molar-refractivity contribution in [3.63, 3.8) is 0 Å². The van der Waals surface area contributed by atoms with E-state index in [0.717, 1.165) is 5.56 Å². The van der Waals surface area contributed by atoms with Crippen LogP contribution in [0.1, 0.15) is 36.2 Å². The first-order valence-electron chi connectivity index (χ1n) is 5.36. The number of allylic oxidation sites excluding steroid dienone is 2. The van der Waals surface area contributed by atoms with Crippen molar-refractivity contribution in [1.29, 1.82) is 0 Å². The number of aryl methyl sites for hydroxylation is 1. The number of Topliss-reactive ketones (excluding diaryl/α,β-unsaturated/α-hetero) is 1. The molecule has 0 N–H and O–H groups in total. The van der Waals surface area contributed by atoms with Gasteiger partial charge in [-0.15, -0.1) is 0 Å². The molecule has 0 heterocycles. The average molecular weight is 202 g/mol. The molecule has 0 saturated carbocycles. The van der Waals surface area contributed by atoms with Crippen LogP contribution < -0.4 is 0 Å². The molecule has 0 amide bonds. The maximum atomic E-state index is 11.8. The van der Waals surface area contributed by atoms with Crippen LogP contribution in [-0.4, -0.2) is 5.78 Å². The second kappa shape index (κ2) is 5.50. The van der Waals surface area contributed by atoms with Crippen molar-refractivity contribution in [2.45, 2.75) is 27.2 Å². The van der Waals surface area contributed by atoms with Crippen LogP contribution in [-0.2, 0) is 0 Å². The van der Waals surface area contributed by atoms with E-state index in [4.69, 9.17) is 0 Å². The highest BCUT2D eigenvalue weighted by Crippen LogP contribution is 2.11. The van der Waals surface area contributed by atoms with E-state index >= 15 is 0 Å². The van der Waals surface area contributed by atoms with Gasteiger partial charge >= 0.3 is 0 Å². The molecule has 0 aliphatic heterocycles. The van der Waals surface area contributed by atoms with Gasteiger partial charge < -0.3 is 0 Å². The van der Waals surface area contributed by atoms with Crippen LogP contribution in [0.4, 0.5) is 0 Å². The predicted molar refractivity (Wildman–Crippen MR) is 64.1 cm³/mol. The molecule has 0 bridgehead atoms. The zero-order valence-corrected chi connectivity index (χ0v) is 9.66. The fraction of sp³-hybridized carbons (Fsp3) is 0.357. The Morgan fingerprint density at radius 3 is 2.47 bits per heavy atom. The Kier molecular flexibility index (Phi) is 4.29. The van der Waals surface area contributed by atoms with Crippen molar-refractivity contribution in [3.8, 4) is 0 Å². The summed E-state index contributed by atoms with van der Waals surface area (Å²) < 4.78 is 0. The summed E-state index contributed by atoms with van der Waals surface area (Å²) in [6.45, 7) is 6.07. The number of ketones is 1. The van der Waals surface area contributed by atoms with Gasteiger partial charge in [0, 0.05) is 12.0 Å². The Morgan fingerprint density at radius 2 is 1.93 bits per heavy atom. The van der Waals surface area contributed by atoms with Gasteiger partial charge in [-0.2, -0.15) is 0 Å². The van der Waals surface area contributed by atoms with Gasteiger partial charge in [0.2, 0.25) is 0 Å². The summed E-state index contributed by atoms with van der Waals surface area (Å²) in [6.07, 6.45) is 4.65. The molecule has 0 aliphatic rings. The van der Waals surface area contributed by atoms with Gasteiger partial charge in [-0.3, -0.25) is 4.79 Å². The summed E-state index contributed by atoms with van der Waals surface area (Å²) in [7, 11) is 0. The summed E-state index contributed by atoms with van der Waals surface area (Å²) in [6, 6.07) is 7.77. The molecule has 1 heteroatoms. The van der Waals surface area contributed by atoms with Gasteiger partial charge in [0.25, 0.3) is 0 Å². The second-order valence-corrected chi connectivity index (χ2v) is 4.00. The van der Waals surface area contributed by atoms with Crippen LogP contribution in [0.15, 0.2) is 36.4 Å². The first kappa shape index (κ1) is 11.7. The molecule has 0 aromatic heterocycles. The Hall–Kier alpha value is -1.37. The maximum absolute atomic E-state index is 11.8. The van der Waals surface area contributed by atoms with Gasteiger partial charge in [-0.1, -0.05) is 48.9 Å². The highest BCUT2D eigenvalue weighted by atomic mass is 16.1. The highest BCUT2D eigenvalue weighted by molar-refractivity contribution is 5.96. The SMILES string of the molecule is CC=CC(C)CC(=O)c1ccc(C)cc1. The van der Waals surface area contributed by atoms with E-state index in [1.54, 1.807) is 0 Å². The molecular formula is C14H18O. The molecule has 80 valence electrons. The number of benzene rings is 1. The van der Waals surface area contributed by atoms with Crippen LogP contribution in [0, 0.1) is 12.8 Å². The third-order valence-corrected chi connectivity index (χ3v) is 2.40. The van der Waals surface area contributed by atoms with Crippen molar-refractivity contribution in [2.75, 3.05) is 0 Å². The van der Waals surface area contributed by atoms with Gasteiger partial charge in [-0.05, 0) is 19.8 Å². The van der Waals surface area contributed by atoms with E-state index < -0.39 is 0 Å². The summed E-state index contributed by atoms with van der Waals surface area (Å²) in [5.41, 5.74) is 2.00. The molecule has 0 fully saturated rings. The standard InChI is InChI=1S/C14H18O/c1-4-5-12(3)10-14(15)13-8-6-11(2)7-9-13/h4-9,12H,10H2,1-3H3. The van der Waals surface area contributed by atoms with Gasteiger partial charge in [0.15, 0.2) is 5.78 Å². The molecule has 0 saturated heterocycles. The van der Waals surface area contributed by atoms with E-state index in [1.165, 1.54) is 5.56 Å². The largest absolute Gasteiger partial charge is 0.294 e. The molecule has 15 heavy (non-hydrogen) atoms. The summed E-state index contributed by atoms with van der Waals surface area (Å²) >= 11 is 0. The fourth-order valence-electron chi connectivity index (χ4n) is 1.55. The second-order valence-electron chi connectivity index (χ2n) is 4.00. The lowest BCUT2D eigenvalue weighted by Crippen LogP contribution is -2.04. The summed E-state index contributed by atoms with van der Waals surface area (Å²) in [4.78, 5) is 11.8. The lowest BCUT2D eigenvalue weighted by molar-refractivity contribution is 0.0972. The van der Waals surface area contributed by atoms with Crippen molar-refractivity contribution in [3.05, 3.63) is 47.5 Å². The lowest BCUT2D eigenvalue weighted by atomic mass is 9.99. The molecule has 0 radical (unpaired) electrons. The molecule has 1 rings (SSSR count). The summed E-state index contributed by atoms with van der Waals surface area (Å²) in [5.74, 6) is 0.546. The highest BCUT2D eigenvalue weighted by Gasteiger charge is 2.08. The Bertz CT molecular complexity index is 346. The Balaban J connectivity index is 2.65. The van der Waals surface area contributed by atoms with Crippen LogP contribution in [0.25, 0.3) is 0 Å². The number of hydrogen-bond acceptors (Lipinski definition) is 1. The summed E-state index contributed by atoms with van der Waals surface area (Å²) in [5, 5.41) is 0. The Labute approximate surface area is 91.8 Å². The molecule has 1 aromatic rings. The van der Waals surface area contributed by atoms with Crippen LogP contribution in [0.3, 0.4) is 0 Å². The molecule has 1 unspecified atom stereocenters. The predicted octanol–water partition coefficient (Wildman–Crippen LogP) is 3.78. The van der Waals surface area contributed by atoms with Crippen molar-refractivity contribution < 1.29 is 4.79 Å². The Morgan fingerprint density at radius 1 is 1.33 bits per heavy atom. The normalized spacial score (nSPS) is 13.0.